The van der Waals surface area contributed by atoms with Crippen LogP contribution in [0.2, 0.25) is 0 Å². The van der Waals surface area contributed by atoms with E-state index in [4.69, 9.17) is 0 Å². The predicted octanol–water partition coefficient (Wildman–Crippen LogP) is 17.1. The Morgan fingerprint density at radius 2 is 0.934 bits per heavy atom. The number of nitrogens with zero attached hydrogens (tertiary/aromatic N) is 4. The van der Waals surface area contributed by atoms with Crippen LogP contribution >= 0.6 is 11.3 Å². The standard InChI is InChI=1S/C70H53BN4S/c1-69(2,3)43-31-34-46(35-32-43)73-59-40-47(74-58-30-16-13-23-49(58)51-26-17-25-48(63(51)74)42-19-9-7-10-20-42)41-60-62(59)71(68-67(73)55-39-44(70(4,5)6)33-38-61(55)76-68)56-28-18-27-52-54-37-36-53-50-24-14-15-29-57(50)72(45-21-11-8-12-22-45)65(53)66(54)75(60)64(52)56/h7-41H,1-6H3. The maximum atomic E-state index is 2.70. The molecule has 0 saturated carbocycles. The molecule has 0 unspecified atom stereocenters. The van der Waals surface area contributed by atoms with Gasteiger partial charge in [-0.15, -0.1) is 11.3 Å². The van der Waals surface area contributed by atoms with Crippen LogP contribution in [0.5, 0.6) is 0 Å². The second kappa shape index (κ2) is 15.5. The highest BCUT2D eigenvalue weighted by Crippen LogP contribution is 2.50. The molecule has 0 aliphatic carbocycles. The second-order valence-corrected chi connectivity index (χ2v) is 24.4. The molecule has 0 amide bonds. The molecule has 2 aliphatic rings. The third-order valence-corrected chi connectivity index (χ3v) is 18.1. The van der Waals surface area contributed by atoms with Crippen LogP contribution in [0.4, 0.5) is 17.1 Å². The van der Waals surface area contributed by atoms with Crippen molar-refractivity contribution in [3.05, 3.63) is 223 Å². The van der Waals surface area contributed by atoms with E-state index < -0.39 is 0 Å². The number of anilines is 3. The van der Waals surface area contributed by atoms with Crippen LogP contribution in [0.1, 0.15) is 52.7 Å². The van der Waals surface area contributed by atoms with Crippen LogP contribution in [0, 0.1) is 0 Å². The van der Waals surface area contributed by atoms with Crippen LogP contribution in [0.3, 0.4) is 0 Å². The zero-order valence-electron chi connectivity index (χ0n) is 43.5. The molecule has 4 aromatic heterocycles. The van der Waals surface area contributed by atoms with Gasteiger partial charge in [0.1, 0.15) is 0 Å². The molecule has 0 spiro atoms. The van der Waals surface area contributed by atoms with Crippen molar-refractivity contribution in [1.29, 1.82) is 0 Å². The lowest BCUT2D eigenvalue weighted by Crippen LogP contribution is -2.59. The van der Waals surface area contributed by atoms with Gasteiger partial charge in [0.15, 0.2) is 0 Å². The van der Waals surface area contributed by atoms with Gasteiger partial charge in [0.2, 0.25) is 0 Å². The van der Waals surface area contributed by atoms with Gasteiger partial charge in [-0.1, -0.05) is 193 Å². The first-order valence-corrected chi connectivity index (χ1v) is 27.6. The number of aromatic nitrogens is 3. The quantitative estimate of drug-likeness (QED) is 0.161. The number of rotatable bonds is 4. The Bertz CT molecular complexity index is 4770. The van der Waals surface area contributed by atoms with Gasteiger partial charge in [0.25, 0.3) is 6.71 Å². The normalized spacial score (nSPS) is 13.3. The second-order valence-electron chi connectivity index (χ2n) is 23.3. The van der Waals surface area contributed by atoms with Crippen molar-refractivity contribution in [3.8, 4) is 28.2 Å². The molecule has 0 N–H and O–H groups in total. The van der Waals surface area contributed by atoms with E-state index in [2.05, 4.69) is 272 Å². The molecule has 362 valence electrons. The van der Waals surface area contributed by atoms with Crippen molar-refractivity contribution < 1.29 is 0 Å². The van der Waals surface area contributed by atoms with Crippen LogP contribution in [-0.4, -0.2) is 20.4 Å². The number of hydrogen-bond donors (Lipinski definition) is 0. The SMILES string of the molecule is CC(C)(C)c1ccc(N2c3cc(-n4c5ccccc5c5cccc(-c6ccccc6)c54)cc4c3B(c3sc5ccc(C(C)(C)C)cc5c32)c2cccc3c5ccc6c7ccccc7n(-c7ccccc7)c6c5n-4c23)cc1. The average Bonchev–Trinajstić information content (AvgIpc) is 4.22. The van der Waals surface area contributed by atoms with E-state index in [1.54, 1.807) is 0 Å². The van der Waals surface area contributed by atoms with E-state index in [0.29, 0.717) is 0 Å². The molecule has 0 fully saturated rings. The van der Waals surface area contributed by atoms with Gasteiger partial charge in [-0.25, -0.2) is 0 Å². The van der Waals surface area contributed by atoms with Crippen molar-refractivity contribution in [3.63, 3.8) is 0 Å². The minimum atomic E-state index is -0.0347. The van der Waals surface area contributed by atoms with Gasteiger partial charge in [0.05, 0.1) is 39.0 Å². The number of hydrogen-bond acceptors (Lipinski definition) is 2. The maximum absolute atomic E-state index is 2.70. The molecular weight excluding hydrogens is 940 g/mol. The molecule has 76 heavy (non-hydrogen) atoms. The molecule has 0 saturated heterocycles. The Kier molecular flexibility index (Phi) is 8.93. The molecule has 14 aromatic rings. The Morgan fingerprint density at radius 1 is 0.382 bits per heavy atom. The van der Waals surface area contributed by atoms with Gasteiger partial charge in [-0.05, 0) is 99.1 Å². The van der Waals surface area contributed by atoms with E-state index in [1.807, 2.05) is 11.3 Å². The van der Waals surface area contributed by atoms with Crippen molar-refractivity contribution in [1.82, 2.24) is 13.7 Å². The lowest BCUT2D eigenvalue weighted by atomic mass is 9.36. The third-order valence-electron chi connectivity index (χ3n) is 16.9. The van der Waals surface area contributed by atoms with Crippen LogP contribution in [0.25, 0.3) is 104 Å². The Hall–Kier alpha value is -8.58. The summed E-state index contributed by atoms with van der Waals surface area (Å²) in [6, 6.07) is 80.6. The molecule has 0 bridgehead atoms. The van der Waals surface area contributed by atoms with Crippen LogP contribution in [-0.2, 0) is 10.8 Å². The van der Waals surface area contributed by atoms with E-state index in [0.717, 1.165) is 17.1 Å². The summed E-state index contributed by atoms with van der Waals surface area (Å²) in [7, 11) is 0. The average molecular weight is 993 g/mol. The van der Waals surface area contributed by atoms with Crippen molar-refractivity contribution >= 4 is 126 Å². The summed E-state index contributed by atoms with van der Waals surface area (Å²) in [5, 5.41) is 8.81. The minimum absolute atomic E-state index is 0.00242. The zero-order chi connectivity index (χ0) is 50.9. The summed E-state index contributed by atoms with van der Waals surface area (Å²) < 4.78 is 10.5. The largest absolute Gasteiger partial charge is 0.310 e. The minimum Gasteiger partial charge on any atom is -0.310 e. The molecular formula is C70H53BN4S. The van der Waals surface area contributed by atoms with E-state index in [9.17, 15) is 0 Å². The fourth-order valence-electron chi connectivity index (χ4n) is 13.4. The Labute approximate surface area is 446 Å². The Balaban J connectivity index is 1.13. The summed E-state index contributed by atoms with van der Waals surface area (Å²) in [6.07, 6.45) is 0. The Morgan fingerprint density at radius 3 is 1.63 bits per heavy atom. The lowest BCUT2D eigenvalue weighted by molar-refractivity contribution is 0.590. The molecule has 0 atom stereocenters. The van der Waals surface area contributed by atoms with Crippen LogP contribution < -0.4 is 20.6 Å². The summed E-state index contributed by atoms with van der Waals surface area (Å²) in [5.74, 6) is 0. The predicted molar refractivity (Wildman–Crippen MR) is 327 cm³/mol. The maximum Gasteiger partial charge on any atom is 0.264 e. The number of fused-ring (bicyclic) bond motifs is 16. The number of para-hydroxylation sites is 5. The summed E-state index contributed by atoms with van der Waals surface area (Å²) in [6.45, 7) is 13.9. The molecule has 0 radical (unpaired) electrons. The zero-order valence-corrected chi connectivity index (χ0v) is 44.3. The summed E-state index contributed by atoms with van der Waals surface area (Å²) in [4.78, 5) is 2.66. The molecule has 2 aliphatic heterocycles. The molecule has 10 aromatic carbocycles. The molecule has 6 heterocycles. The fourth-order valence-corrected chi connectivity index (χ4v) is 14.7. The van der Waals surface area contributed by atoms with Crippen LogP contribution in [0.15, 0.2) is 212 Å². The molecule has 6 heteroatoms. The van der Waals surface area contributed by atoms with E-state index >= 15 is 0 Å². The van der Waals surface area contributed by atoms with Crippen molar-refractivity contribution in [2.45, 2.75) is 52.4 Å². The molecule has 16 rings (SSSR count). The lowest BCUT2D eigenvalue weighted by Gasteiger charge is -2.39. The smallest absolute Gasteiger partial charge is 0.264 e. The fraction of sp³-hybridized carbons (Fsp3) is 0.114. The summed E-state index contributed by atoms with van der Waals surface area (Å²) >= 11 is 1.98. The first kappa shape index (κ1) is 43.8. The van der Waals surface area contributed by atoms with Gasteiger partial charge in [0, 0.05) is 81.0 Å². The topological polar surface area (TPSA) is 18.0 Å². The highest BCUT2D eigenvalue weighted by molar-refractivity contribution is 7.33. The van der Waals surface area contributed by atoms with Gasteiger partial charge in [-0.2, -0.15) is 0 Å². The monoisotopic (exact) mass is 992 g/mol. The molecule has 4 nitrogen and oxygen atoms in total. The van der Waals surface area contributed by atoms with Gasteiger partial charge >= 0.3 is 0 Å². The van der Waals surface area contributed by atoms with E-state index in [1.165, 1.54) is 131 Å². The van der Waals surface area contributed by atoms with Crippen molar-refractivity contribution in [2.24, 2.45) is 0 Å². The van der Waals surface area contributed by atoms with Crippen molar-refractivity contribution in [2.75, 3.05) is 4.90 Å². The first-order chi connectivity index (χ1) is 37.0. The third kappa shape index (κ3) is 5.96. The van der Waals surface area contributed by atoms with E-state index in [-0.39, 0.29) is 17.5 Å². The highest BCUT2D eigenvalue weighted by Gasteiger charge is 2.45. The first-order valence-electron chi connectivity index (χ1n) is 26.8. The number of benzene rings is 10. The summed E-state index contributed by atoms with van der Waals surface area (Å²) in [5.41, 5.74) is 22.2. The highest BCUT2D eigenvalue weighted by atomic mass is 32.1. The van der Waals surface area contributed by atoms with Gasteiger partial charge in [-0.3, -0.25) is 0 Å². The van der Waals surface area contributed by atoms with Gasteiger partial charge < -0.3 is 18.6 Å². The number of thiophene rings is 1.